The molecule has 2 N–H and O–H groups in total. The van der Waals surface area contributed by atoms with Gasteiger partial charge in [0.2, 0.25) is 5.91 Å². The van der Waals surface area contributed by atoms with Crippen LogP contribution in [-0.4, -0.2) is 50.5 Å². The first-order valence-corrected chi connectivity index (χ1v) is 8.81. The molecule has 0 unspecified atom stereocenters. The van der Waals surface area contributed by atoms with Crippen LogP contribution in [0.3, 0.4) is 0 Å². The minimum absolute atomic E-state index is 0. The lowest BCUT2D eigenvalue weighted by Gasteiger charge is -2.29. The van der Waals surface area contributed by atoms with Crippen molar-refractivity contribution in [3.05, 3.63) is 0 Å². The topological polar surface area (TPSA) is 56.7 Å². The zero-order chi connectivity index (χ0) is 16.0. The van der Waals surface area contributed by atoms with E-state index in [9.17, 15) is 4.79 Å². The molecule has 2 aliphatic rings. The Labute approximate surface area is 158 Å². The number of nitrogens with one attached hydrogen (secondary N) is 2. The second-order valence-corrected chi connectivity index (χ2v) is 7.04. The molecule has 0 heterocycles. The zero-order valence-corrected chi connectivity index (χ0v) is 17.2. The van der Waals surface area contributed by atoms with Crippen molar-refractivity contribution in [2.45, 2.75) is 51.9 Å². The highest BCUT2D eigenvalue weighted by Crippen LogP contribution is 2.39. The number of rotatable bonds is 7. The smallest absolute Gasteiger partial charge is 0.230 e. The van der Waals surface area contributed by atoms with Crippen molar-refractivity contribution >= 4 is 35.8 Å². The minimum Gasteiger partial charge on any atom is -0.357 e. The standard InChI is InChI=1S/C17H32N4O.HI/c1-4-18-16(19-12-9-14-7-8-14)20-13-17(10-5-6-11-17)15(22)21(2)3;/h14H,4-13H2,1-3H3,(H2,18,19,20);1H. The summed E-state index contributed by atoms with van der Waals surface area (Å²) in [5, 5.41) is 6.72. The first-order chi connectivity index (χ1) is 10.6. The third-order valence-electron chi connectivity index (χ3n) is 4.85. The van der Waals surface area contributed by atoms with Crippen LogP contribution in [0.15, 0.2) is 4.99 Å². The minimum atomic E-state index is -0.275. The molecule has 2 aliphatic carbocycles. The summed E-state index contributed by atoms with van der Waals surface area (Å²) in [6.07, 6.45) is 8.21. The number of nitrogens with zero attached hydrogens (tertiary/aromatic N) is 2. The molecule has 0 saturated heterocycles. The second-order valence-electron chi connectivity index (χ2n) is 7.04. The normalized spacial score (nSPS) is 19.9. The van der Waals surface area contributed by atoms with Crippen LogP contribution in [0.4, 0.5) is 0 Å². The maximum absolute atomic E-state index is 12.6. The summed E-state index contributed by atoms with van der Waals surface area (Å²) >= 11 is 0. The number of hydrogen-bond acceptors (Lipinski definition) is 2. The molecule has 0 radical (unpaired) electrons. The van der Waals surface area contributed by atoms with Gasteiger partial charge in [-0.3, -0.25) is 9.79 Å². The summed E-state index contributed by atoms with van der Waals surface area (Å²) in [5.41, 5.74) is -0.275. The number of hydrogen-bond donors (Lipinski definition) is 2. The van der Waals surface area contributed by atoms with Crippen molar-refractivity contribution in [2.75, 3.05) is 33.7 Å². The van der Waals surface area contributed by atoms with Crippen LogP contribution in [0.25, 0.3) is 0 Å². The number of guanidine groups is 1. The summed E-state index contributed by atoms with van der Waals surface area (Å²) in [4.78, 5) is 19.0. The predicted octanol–water partition coefficient (Wildman–Crippen LogP) is 2.61. The van der Waals surface area contributed by atoms with E-state index in [4.69, 9.17) is 4.99 Å². The number of amides is 1. The third kappa shape index (κ3) is 6.12. The zero-order valence-electron chi connectivity index (χ0n) is 14.9. The fourth-order valence-corrected chi connectivity index (χ4v) is 3.34. The highest BCUT2D eigenvalue weighted by atomic mass is 127. The molecule has 2 rings (SSSR count). The highest BCUT2D eigenvalue weighted by molar-refractivity contribution is 14.0. The molecule has 0 aromatic rings. The largest absolute Gasteiger partial charge is 0.357 e. The van der Waals surface area contributed by atoms with Gasteiger partial charge in [0.15, 0.2) is 5.96 Å². The fourth-order valence-electron chi connectivity index (χ4n) is 3.34. The molecule has 134 valence electrons. The van der Waals surface area contributed by atoms with Crippen LogP contribution in [0.1, 0.15) is 51.9 Å². The second kappa shape index (κ2) is 9.69. The summed E-state index contributed by atoms with van der Waals surface area (Å²) < 4.78 is 0. The van der Waals surface area contributed by atoms with E-state index in [0.717, 1.165) is 50.7 Å². The first-order valence-electron chi connectivity index (χ1n) is 8.81. The van der Waals surface area contributed by atoms with E-state index < -0.39 is 0 Å². The van der Waals surface area contributed by atoms with Gasteiger partial charge in [0.1, 0.15) is 0 Å². The summed E-state index contributed by atoms with van der Waals surface area (Å²) in [5.74, 6) is 2.02. The highest BCUT2D eigenvalue weighted by Gasteiger charge is 2.42. The third-order valence-corrected chi connectivity index (χ3v) is 4.85. The Morgan fingerprint density at radius 3 is 2.39 bits per heavy atom. The van der Waals surface area contributed by atoms with Crippen LogP contribution < -0.4 is 10.6 Å². The molecule has 23 heavy (non-hydrogen) atoms. The van der Waals surface area contributed by atoms with Gasteiger partial charge in [-0.2, -0.15) is 0 Å². The number of aliphatic imine (C=N–C) groups is 1. The van der Waals surface area contributed by atoms with E-state index >= 15 is 0 Å². The lowest BCUT2D eigenvalue weighted by molar-refractivity contribution is -0.138. The quantitative estimate of drug-likeness (QED) is 0.367. The van der Waals surface area contributed by atoms with Gasteiger partial charge < -0.3 is 15.5 Å². The van der Waals surface area contributed by atoms with Crippen molar-refractivity contribution in [2.24, 2.45) is 16.3 Å². The lowest BCUT2D eigenvalue weighted by atomic mass is 9.85. The Morgan fingerprint density at radius 1 is 1.22 bits per heavy atom. The van der Waals surface area contributed by atoms with Crippen molar-refractivity contribution < 1.29 is 4.79 Å². The molecule has 0 atom stereocenters. The van der Waals surface area contributed by atoms with Crippen LogP contribution in [0, 0.1) is 11.3 Å². The first kappa shape index (κ1) is 20.5. The van der Waals surface area contributed by atoms with Gasteiger partial charge in [-0.25, -0.2) is 0 Å². The molecular weight excluding hydrogens is 403 g/mol. The Bertz CT molecular complexity index is 401. The summed E-state index contributed by atoms with van der Waals surface area (Å²) in [6, 6.07) is 0. The molecule has 2 saturated carbocycles. The van der Waals surface area contributed by atoms with Gasteiger partial charge in [0, 0.05) is 27.2 Å². The molecule has 2 fully saturated rings. The van der Waals surface area contributed by atoms with Crippen molar-refractivity contribution in [3.8, 4) is 0 Å². The molecule has 0 spiro atoms. The number of carbonyl (C=O) groups excluding carboxylic acids is 1. The van der Waals surface area contributed by atoms with Crippen LogP contribution in [0.5, 0.6) is 0 Å². The SMILES string of the molecule is CCNC(=NCC1(C(=O)N(C)C)CCCC1)NCCC1CC1.I. The Morgan fingerprint density at radius 2 is 1.87 bits per heavy atom. The van der Waals surface area contributed by atoms with E-state index in [2.05, 4.69) is 17.6 Å². The van der Waals surface area contributed by atoms with Gasteiger partial charge in [0.25, 0.3) is 0 Å². The van der Waals surface area contributed by atoms with E-state index in [1.54, 1.807) is 4.90 Å². The molecule has 0 aromatic heterocycles. The van der Waals surface area contributed by atoms with E-state index in [0.29, 0.717) is 6.54 Å². The Hall–Kier alpha value is -0.530. The van der Waals surface area contributed by atoms with Gasteiger partial charge in [-0.15, -0.1) is 24.0 Å². The summed E-state index contributed by atoms with van der Waals surface area (Å²) in [6.45, 7) is 4.51. The molecule has 6 heteroatoms. The van der Waals surface area contributed by atoms with Crippen LogP contribution in [0.2, 0.25) is 0 Å². The van der Waals surface area contributed by atoms with E-state index in [1.165, 1.54) is 19.3 Å². The summed E-state index contributed by atoms with van der Waals surface area (Å²) in [7, 11) is 3.70. The van der Waals surface area contributed by atoms with E-state index in [-0.39, 0.29) is 35.3 Å². The van der Waals surface area contributed by atoms with Gasteiger partial charge in [0.05, 0.1) is 12.0 Å². The van der Waals surface area contributed by atoms with Crippen molar-refractivity contribution in [1.29, 1.82) is 0 Å². The lowest BCUT2D eigenvalue weighted by Crippen LogP contribution is -2.43. The molecule has 0 bridgehead atoms. The molecule has 0 aromatic carbocycles. The monoisotopic (exact) mass is 436 g/mol. The predicted molar refractivity (Wildman–Crippen MR) is 106 cm³/mol. The number of halogens is 1. The van der Waals surface area contributed by atoms with Crippen LogP contribution >= 0.6 is 24.0 Å². The van der Waals surface area contributed by atoms with Gasteiger partial charge in [-0.05, 0) is 32.1 Å². The molecule has 0 aliphatic heterocycles. The van der Waals surface area contributed by atoms with Crippen molar-refractivity contribution in [1.82, 2.24) is 15.5 Å². The fraction of sp³-hybridized carbons (Fsp3) is 0.882. The number of carbonyl (C=O) groups is 1. The average Bonchev–Trinajstić information content (AvgIpc) is 3.20. The maximum Gasteiger partial charge on any atom is 0.230 e. The van der Waals surface area contributed by atoms with Crippen molar-refractivity contribution in [3.63, 3.8) is 0 Å². The molecule has 1 amide bonds. The van der Waals surface area contributed by atoms with E-state index in [1.807, 2.05) is 14.1 Å². The van der Waals surface area contributed by atoms with Crippen LogP contribution in [-0.2, 0) is 4.79 Å². The molecular formula is C17H33IN4O. The Kier molecular flexibility index (Phi) is 8.64. The van der Waals surface area contributed by atoms with Gasteiger partial charge >= 0.3 is 0 Å². The maximum atomic E-state index is 12.6. The Balaban J connectivity index is 0.00000264. The average molecular weight is 436 g/mol. The van der Waals surface area contributed by atoms with Gasteiger partial charge in [-0.1, -0.05) is 25.7 Å². The molecule has 5 nitrogen and oxygen atoms in total.